The molecule has 9 heavy (non-hydrogen) atoms. The van der Waals surface area contributed by atoms with Crippen LogP contribution in [0.4, 0.5) is 0 Å². The van der Waals surface area contributed by atoms with Crippen molar-refractivity contribution >= 4 is 11.8 Å². The molecule has 54 valence electrons. The number of hydrogen-bond acceptors (Lipinski definition) is 2. The minimum absolute atomic E-state index is 0.977. The number of hydrogen-bond donors (Lipinski definition) is 0. The molecule has 1 rings (SSSR count). The molecular formula is C7H15NS. The van der Waals surface area contributed by atoms with Crippen LogP contribution in [-0.4, -0.2) is 35.5 Å². The van der Waals surface area contributed by atoms with Gasteiger partial charge in [0.15, 0.2) is 0 Å². The maximum Gasteiger partial charge on any atom is 0.0266 e. The van der Waals surface area contributed by atoms with Crippen molar-refractivity contribution in [3.8, 4) is 0 Å². The topological polar surface area (TPSA) is 3.24 Å². The summed E-state index contributed by atoms with van der Waals surface area (Å²) in [5.74, 6) is 1.40. The largest absolute Gasteiger partial charge is 0.303 e. The fraction of sp³-hybridized carbons (Fsp3) is 1.00. The summed E-state index contributed by atoms with van der Waals surface area (Å²) in [5.41, 5.74) is 0. The average Bonchev–Trinajstić information content (AvgIpc) is 2.66. The highest BCUT2D eigenvalue weighted by molar-refractivity contribution is 8.06. The molecule has 1 fully saturated rings. The predicted octanol–water partition coefficient (Wildman–Crippen LogP) is 1.44. The van der Waals surface area contributed by atoms with Crippen molar-refractivity contribution < 1.29 is 0 Å². The molecule has 1 heterocycles. The quantitative estimate of drug-likeness (QED) is 0.551. The molecule has 0 aromatic heterocycles. The minimum atomic E-state index is 0.977. The van der Waals surface area contributed by atoms with E-state index in [1.54, 1.807) is 0 Å². The number of thioether (sulfide) groups is 1. The second-order valence-electron chi connectivity index (χ2n) is 2.44. The van der Waals surface area contributed by atoms with Gasteiger partial charge in [0, 0.05) is 17.5 Å². The molecule has 1 aliphatic rings. The second-order valence-corrected chi connectivity index (χ2v) is 3.77. The van der Waals surface area contributed by atoms with Gasteiger partial charge in [-0.1, -0.05) is 13.8 Å². The molecule has 0 N–H and O–H groups in total. The highest BCUT2D eigenvalue weighted by Gasteiger charge is 2.23. The Balaban J connectivity index is 2.05. The van der Waals surface area contributed by atoms with Crippen LogP contribution >= 0.6 is 11.8 Å². The lowest BCUT2D eigenvalue weighted by Crippen LogP contribution is -2.26. The Hall–Kier alpha value is 0.310. The van der Waals surface area contributed by atoms with Crippen LogP contribution < -0.4 is 0 Å². The Bertz CT molecular complexity index is 77.0. The molecule has 0 saturated carbocycles. The van der Waals surface area contributed by atoms with Crippen LogP contribution in [0.2, 0.25) is 0 Å². The summed E-state index contributed by atoms with van der Waals surface area (Å²) in [7, 11) is 0. The number of rotatable bonds is 4. The van der Waals surface area contributed by atoms with E-state index in [1.807, 2.05) is 0 Å². The molecule has 1 unspecified atom stereocenters. The van der Waals surface area contributed by atoms with Gasteiger partial charge in [0.2, 0.25) is 0 Å². The first-order valence-corrected chi connectivity index (χ1v) is 4.75. The van der Waals surface area contributed by atoms with Gasteiger partial charge in [-0.15, -0.1) is 0 Å². The van der Waals surface area contributed by atoms with Crippen LogP contribution in [-0.2, 0) is 0 Å². The van der Waals surface area contributed by atoms with E-state index in [9.17, 15) is 0 Å². The molecule has 0 spiro atoms. The first kappa shape index (κ1) is 7.42. The summed E-state index contributed by atoms with van der Waals surface area (Å²) in [6.45, 7) is 8.21. The molecule has 0 amide bonds. The Morgan fingerprint density at radius 3 is 2.33 bits per heavy atom. The molecule has 0 aliphatic carbocycles. The van der Waals surface area contributed by atoms with Gasteiger partial charge < -0.3 is 4.90 Å². The van der Waals surface area contributed by atoms with Crippen LogP contribution in [0.3, 0.4) is 0 Å². The predicted molar refractivity (Wildman–Crippen MR) is 44.0 cm³/mol. The van der Waals surface area contributed by atoms with Crippen molar-refractivity contribution in [2.75, 3.05) is 25.4 Å². The molecule has 1 saturated heterocycles. The van der Waals surface area contributed by atoms with Crippen LogP contribution in [0.1, 0.15) is 13.8 Å². The standard InChI is InChI=1S/C7H15NS/c1-3-8(4-2)5-7-6-9-7/h7H,3-6H2,1-2H3. The normalized spacial score (nSPS) is 25.0. The van der Waals surface area contributed by atoms with E-state index in [-0.39, 0.29) is 0 Å². The summed E-state index contributed by atoms with van der Waals surface area (Å²) in [6.07, 6.45) is 0. The molecular weight excluding hydrogens is 130 g/mol. The minimum Gasteiger partial charge on any atom is -0.303 e. The van der Waals surface area contributed by atoms with Crippen molar-refractivity contribution in [3.63, 3.8) is 0 Å². The summed E-state index contributed by atoms with van der Waals surface area (Å²) in [5, 5.41) is 0.977. The van der Waals surface area contributed by atoms with Crippen molar-refractivity contribution in [2.45, 2.75) is 19.1 Å². The first-order valence-electron chi connectivity index (χ1n) is 3.70. The Kier molecular flexibility index (Phi) is 2.86. The van der Waals surface area contributed by atoms with Crippen molar-refractivity contribution in [3.05, 3.63) is 0 Å². The SMILES string of the molecule is CCN(CC)CC1CS1. The van der Waals surface area contributed by atoms with E-state index in [0.717, 1.165) is 5.25 Å². The maximum atomic E-state index is 2.49. The van der Waals surface area contributed by atoms with Crippen LogP contribution in [0.15, 0.2) is 0 Å². The van der Waals surface area contributed by atoms with Crippen molar-refractivity contribution in [1.29, 1.82) is 0 Å². The molecule has 1 atom stereocenters. The van der Waals surface area contributed by atoms with Crippen LogP contribution in [0.25, 0.3) is 0 Å². The van der Waals surface area contributed by atoms with Gasteiger partial charge >= 0.3 is 0 Å². The highest BCUT2D eigenvalue weighted by atomic mass is 32.2. The fourth-order valence-corrected chi connectivity index (χ4v) is 1.50. The Morgan fingerprint density at radius 1 is 1.44 bits per heavy atom. The molecule has 2 heteroatoms. The summed E-state index contributed by atoms with van der Waals surface area (Å²) >= 11 is 2.09. The van der Waals surface area contributed by atoms with Crippen molar-refractivity contribution in [2.24, 2.45) is 0 Å². The fourth-order valence-electron chi connectivity index (χ4n) is 0.943. The molecule has 0 bridgehead atoms. The van der Waals surface area contributed by atoms with Gasteiger partial charge in [0.05, 0.1) is 0 Å². The molecule has 0 aromatic rings. The van der Waals surface area contributed by atoms with E-state index in [1.165, 1.54) is 25.4 Å². The van der Waals surface area contributed by atoms with E-state index < -0.39 is 0 Å². The molecule has 1 aliphatic heterocycles. The van der Waals surface area contributed by atoms with E-state index >= 15 is 0 Å². The Labute approximate surface area is 61.8 Å². The monoisotopic (exact) mass is 145 g/mol. The van der Waals surface area contributed by atoms with Gasteiger partial charge in [0.1, 0.15) is 0 Å². The molecule has 0 aromatic carbocycles. The van der Waals surface area contributed by atoms with Crippen LogP contribution in [0, 0.1) is 0 Å². The highest BCUT2D eigenvalue weighted by Crippen LogP contribution is 2.30. The third-order valence-corrected chi connectivity index (χ3v) is 2.71. The molecule has 1 nitrogen and oxygen atoms in total. The zero-order valence-corrected chi connectivity index (χ0v) is 7.08. The first-order chi connectivity index (χ1) is 4.36. The zero-order valence-electron chi connectivity index (χ0n) is 6.26. The third kappa shape index (κ3) is 2.59. The van der Waals surface area contributed by atoms with Gasteiger partial charge in [-0.2, -0.15) is 11.8 Å². The van der Waals surface area contributed by atoms with Gasteiger partial charge in [-0.05, 0) is 13.1 Å². The van der Waals surface area contributed by atoms with E-state index in [2.05, 4.69) is 30.5 Å². The van der Waals surface area contributed by atoms with Crippen LogP contribution in [0.5, 0.6) is 0 Å². The van der Waals surface area contributed by atoms with E-state index in [4.69, 9.17) is 0 Å². The third-order valence-electron chi connectivity index (χ3n) is 1.76. The lowest BCUT2D eigenvalue weighted by atomic mass is 10.4. The summed E-state index contributed by atoms with van der Waals surface area (Å²) < 4.78 is 0. The number of nitrogens with zero attached hydrogens (tertiary/aromatic N) is 1. The van der Waals surface area contributed by atoms with Crippen molar-refractivity contribution in [1.82, 2.24) is 4.90 Å². The Morgan fingerprint density at radius 2 is 2.00 bits per heavy atom. The lowest BCUT2D eigenvalue weighted by Gasteiger charge is -2.16. The summed E-state index contributed by atoms with van der Waals surface area (Å²) in [6, 6.07) is 0. The summed E-state index contributed by atoms with van der Waals surface area (Å²) in [4.78, 5) is 2.49. The second kappa shape index (κ2) is 3.47. The molecule has 0 radical (unpaired) electrons. The zero-order chi connectivity index (χ0) is 6.69. The smallest absolute Gasteiger partial charge is 0.0266 e. The van der Waals surface area contributed by atoms with E-state index in [0.29, 0.717) is 0 Å². The van der Waals surface area contributed by atoms with Gasteiger partial charge in [0.25, 0.3) is 0 Å². The van der Waals surface area contributed by atoms with Gasteiger partial charge in [-0.25, -0.2) is 0 Å². The average molecular weight is 145 g/mol. The maximum absolute atomic E-state index is 2.49. The lowest BCUT2D eigenvalue weighted by molar-refractivity contribution is 0.314. The van der Waals surface area contributed by atoms with Gasteiger partial charge in [-0.3, -0.25) is 0 Å².